The van der Waals surface area contributed by atoms with Gasteiger partial charge in [0.2, 0.25) is 4.73 Å². The van der Waals surface area contributed by atoms with Crippen LogP contribution in [0.2, 0.25) is 0 Å². The Morgan fingerprint density at radius 1 is 1.05 bits per heavy atom. The Bertz CT molecular complexity index is 745. The summed E-state index contributed by atoms with van der Waals surface area (Å²) in [5.74, 6) is 0.857. The third-order valence-corrected chi connectivity index (χ3v) is 3.56. The van der Waals surface area contributed by atoms with Crippen LogP contribution in [-0.4, -0.2) is 14.8 Å². The molecule has 0 saturated heterocycles. The summed E-state index contributed by atoms with van der Waals surface area (Å²) >= 11 is 3.36. The van der Waals surface area contributed by atoms with Gasteiger partial charge >= 0.3 is 0 Å². The first kappa shape index (κ1) is 13.8. The lowest BCUT2D eigenvalue weighted by molar-refractivity contribution is 0.688. The zero-order valence-corrected chi connectivity index (χ0v) is 13.0. The van der Waals surface area contributed by atoms with E-state index in [1.54, 1.807) is 0 Å². The van der Waals surface area contributed by atoms with E-state index in [1.165, 1.54) is 5.56 Å². The van der Waals surface area contributed by atoms with Gasteiger partial charge in [-0.2, -0.15) is 0 Å². The highest BCUT2D eigenvalue weighted by molar-refractivity contribution is 9.10. The molecule has 1 heterocycles. The van der Waals surface area contributed by atoms with Crippen LogP contribution in [0.3, 0.4) is 0 Å². The van der Waals surface area contributed by atoms with Gasteiger partial charge in [0.05, 0.1) is 6.54 Å². The smallest absolute Gasteiger partial charge is 0.217 e. The lowest BCUT2D eigenvalue weighted by Crippen LogP contribution is -2.04. The molecule has 0 bridgehead atoms. The number of aromatic nitrogens is 3. The fraction of sp³-hybridized carbons (Fsp3) is 0.0588. The third-order valence-electron chi connectivity index (χ3n) is 3.23. The van der Waals surface area contributed by atoms with E-state index in [0.29, 0.717) is 11.3 Å². The zero-order chi connectivity index (χ0) is 14.7. The Kier molecular flexibility index (Phi) is 3.97. The van der Waals surface area contributed by atoms with Crippen LogP contribution in [0.1, 0.15) is 11.1 Å². The number of benzene rings is 2. The zero-order valence-electron chi connectivity index (χ0n) is 11.4. The minimum atomic E-state index is 0.601. The highest BCUT2D eigenvalue weighted by atomic mass is 79.9. The second-order valence-corrected chi connectivity index (χ2v) is 5.38. The number of rotatable bonds is 4. The molecule has 0 unspecified atom stereocenters. The second kappa shape index (κ2) is 6.06. The van der Waals surface area contributed by atoms with E-state index in [9.17, 15) is 0 Å². The number of hydrogen-bond donors (Lipinski definition) is 0. The predicted molar refractivity (Wildman–Crippen MR) is 88.8 cm³/mol. The van der Waals surface area contributed by atoms with Gasteiger partial charge < -0.3 is 0 Å². The molecular weight excluding hydrogens is 326 g/mol. The highest BCUT2D eigenvalue weighted by Crippen LogP contribution is 2.20. The van der Waals surface area contributed by atoms with Crippen LogP contribution in [0.5, 0.6) is 0 Å². The first-order chi connectivity index (χ1) is 10.3. The Morgan fingerprint density at radius 3 is 2.43 bits per heavy atom. The van der Waals surface area contributed by atoms with Crippen LogP contribution in [0.25, 0.3) is 17.5 Å². The maximum Gasteiger partial charge on any atom is 0.217 e. The average molecular weight is 340 g/mol. The topological polar surface area (TPSA) is 30.7 Å². The molecule has 3 rings (SSSR count). The van der Waals surface area contributed by atoms with Crippen molar-refractivity contribution in [3.63, 3.8) is 0 Å². The predicted octanol–water partition coefficient (Wildman–Crippen LogP) is 4.40. The average Bonchev–Trinajstić information content (AvgIpc) is 2.89. The van der Waals surface area contributed by atoms with E-state index < -0.39 is 0 Å². The van der Waals surface area contributed by atoms with Crippen molar-refractivity contribution in [2.45, 2.75) is 6.54 Å². The van der Waals surface area contributed by atoms with Gasteiger partial charge in [0, 0.05) is 5.56 Å². The minimum Gasteiger partial charge on any atom is -0.240 e. The quantitative estimate of drug-likeness (QED) is 0.705. The largest absolute Gasteiger partial charge is 0.240 e. The highest BCUT2D eigenvalue weighted by Gasteiger charge is 2.10. The first-order valence-electron chi connectivity index (χ1n) is 6.63. The summed E-state index contributed by atoms with van der Waals surface area (Å²) in [6, 6.07) is 18.3. The first-order valence-corrected chi connectivity index (χ1v) is 7.43. The van der Waals surface area contributed by atoms with Crippen LogP contribution >= 0.6 is 15.9 Å². The number of hydrogen-bond acceptors (Lipinski definition) is 2. The van der Waals surface area contributed by atoms with Crippen LogP contribution in [0.15, 0.2) is 65.9 Å². The Morgan fingerprint density at radius 2 is 1.76 bits per heavy atom. The van der Waals surface area contributed by atoms with Crippen molar-refractivity contribution in [2.24, 2.45) is 0 Å². The Balaban J connectivity index is 1.93. The van der Waals surface area contributed by atoms with Gasteiger partial charge in [-0.25, -0.2) is 9.67 Å². The van der Waals surface area contributed by atoms with E-state index in [0.717, 1.165) is 17.0 Å². The van der Waals surface area contributed by atoms with Gasteiger partial charge in [-0.15, -0.1) is 5.10 Å². The van der Waals surface area contributed by atoms with Gasteiger partial charge in [0.15, 0.2) is 5.82 Å². The molecule has 1 aromatic heterocycles. The maximum atomic E-state index is 4.46. The fourth-order valence-electron chi connectivity index (χ4n) is 2.16. The summed E-state index contributed by atoms with van der Waals surface area (Å²) < 4.78 is 2.51. The van der Waals surface area contributed by atoms with E-state index in [4.69, 9.17) is 0 Å². The van der Waals surface area contributed by atoms with Crippen molar-refractivity contribution in [3.8, 4) is 11.4 Å². The summed E-state index contributed by atoms with van der Waals surface area (Å²) in [5.41, 5.74) is 3.34. The molecule has 0 spiro atoms. The molecule has 3 nitrogen and oxygen atoms in total. The standard InChI is InChI=1S/C17H14BrN3/c1-2-13-8-10-14(11-9-13)12-21-16(19-17(18)20-21)15-6-4-3-5-7-15/h2-11H,1,12H2. The Hall–Kier alpha value is -2.20. The van der Waals surface area contributed by atoms with Gasteiger partial charge in [-0.05, 0) is 27.1 Å². The molecule has 0 aliphatic carbocycles. The molecule has 21 heavy (non-hydrogen) atoms. The van der Waals surface area contributed by atoms with Crippen molar-refractivity contribution in [1.29, 1.82) is 0 Å². The Labute approximate surface area is 132 Å². The molecule has 0 atom stereocenters. The monoisotopic (exact) mass is 339 g/mol. The van der Waals surface area contributed by atoms with Gasteiger partial charge in [0.1, 0.15) is 0 Å². The molecular formula is C17H14BrN3. The van der Waals surface area contributed by atoms with Gasteiger partial charge in [0.25, 0.3) is 0 Å². The third kappa shape index (κ3) is 3.11. The molecule has 0 aliphatic heterocycles. The summed E-state index contributed by atoms with van der Waals surface area (Å²) in [6.45, 7) is 4.45. The lowest BCUT2D eigenvalue weighted by atomic mass is 10.1. The maximum absolute atomic E-state index is 4.46. The van der Waals surface area contributed by atoms with Crippen LogP contribution < -0.4 is 0 Å². The van der Waals surface area contributed by atoms with Crippen LogP contribution in [-0.2, 0) is 6.54 Å². The van der Waals surface area contributed by atoms with Gasteiger partial charge in [-0.3, -0.25) is 0 Å². The molecule has 0 saturated carbocycles. The number of halogens is 1. The summed E-state index contributed by atoms with van der Waals surface area (Å²) in [6.07, 6.45) is 1.84. The molecule has 3 aromatic rings. The molecule has 104 valence electrons. The normalized spacial score (nSPS) is 10.5. The van der Waals surface area contributed by atoms with Gasteiger partial charge in [-0.1, -0.05) is 67.3 Å². The van der Waals surface area contributed by atoms with Crippen molar-refractivity contribution < 1.29 is 0 Å². The molecule has 4 heteroatoms. The SMILES string of the molecule is C=Cc1ccc(Cn2nc(Br)nc2-c2ccccc2)cc1. The molecule has 0 fully saturated rings. The lowest BCUT2D eigenvalue weighted by Gasteiger charge is -2.06. The summed E-state index contributed by atoms with van der Waals surface area (Å²) in [7, 11) is 0. The summed E-state index contributed by atoms with van der Waals surface area (Å²) in [4.78, 5) is 4.46. The molecule has 0 aliphatic rings. The molecule has 0 amide bonds. The molecule has 0 radical (unpaired) electrons. The number of nitrogens with zero attached hydrogens (tertiary/aromatic N) is 3. The minimum absolute atomic E-state index is 0.601. The molecule has 2 aromatic carbocycles. The second-order valence-electron chi connectivity index (χ2n) is 4.67. The fourth-order valence-corrected chi connectivity index (χ4v) is 2.52. The molecule has 0 N–H and O–H groups in total. The van der Waals surface area contributed by atoms with E-state index >= 15 is 0 Å². The van der Waals surface area contributed by atoms with Crippen molar-refractivity contribution >= 4 is 22.0 Å². The van der Waals surface area contributed by atoms with Crippen molar-refractivity contribution in [2.75, 3.05) is 0 Å². The van der Waals surface area contributed by atoms with Crippen LogP contribution in [0, 0.1) is 0 Å². The summed E-state index contributed by atoms with van der Waals surface area (Å²) in [5, 5.41) is 4.43. The van der Waals surface area contributed by atoms with Crippen LogP contribution in [0.4, 0.5) is 0 Å². The van der Waals surface area contributed by atoms with E-state index in [2.05, 4.69) is 56.9 Å². The van der Waals surface area contributed by atoms with Crippen molar-refractivity contribution in [1.82, 2.24) is 14.8 Å². The van der Waals surface area contributed by atoms with E-state index in [-0.39, 0.29) is 0 Å². The van der Waals surface area contributed by atoms with Crippen molar-refractivity contribution in [3.05, 3.63) is 77.0 Å². The van der Waals surface area contributed by atoms with E-state index in [1.807, 2.05) is 41.1 Å².